The molecule has 0 heterocycles. The van der Waals surface area contributed by atoms with Crippen molar-refractivity contribution in [2.24, 2.45) is 0 Å². The number of phenolic OH excluding ortho intramolecular Hbond substituents is 2. The Bertz CT molecular complexity index is 576. The van der Waals surface area contributed by atoms with Crippen LogP contribution in [0.1, 0.15) is 15.9 Å². The SMILES string of the molecule is CSc1ccc(C(=O)c2ccc(O)c(O)c2)cc1. The van der Waals surface area contributed by atoms with Crippen molar-refractivity contribution in [3.63, 3.8) is 0 Å². The van der Waals surface area contributed by atoms with Gasteiger partial charge < -0.3 is 10.2 Å². The highest BCUT2D eigenvalue weighted by molar-refractivity contribution is 7.98. The molecule has 0 spiro atoms. The van der Waals surface area contributed by atoms with Gasteiger partial charge in [0.15, 0.2) is 17.3 Å². The van der Waals surface area contributed by atoms with E-state index in [0.29, 0.717) is 11.1 Å². The van der Waals surface area contributed by atoms with Crippen LogP contribution >= 0.6 is 11.8 Å². The molecule has 0 amide bonds. The van der Waals surface area contributed by atoms with Crippen LogP contribution in [0.3, 0.4) is 0 Å². The highest BCUT2D eigenvalue weighted by Crippen LogP contribution is 2.26. The van der Waals surface area contributed by atoms with Gasteiger partial charge in [0.25, 0.3) is 0 Å². The molecule has 0 unspecified atom stereocenters. The van der Waals surface area contributed by atoms with E-state index in [9.17, 15) is 15.0 Å². The predicted molar refractivity (Wildman–Crippen MR) is 71.4 cm³/mol. The number of hydrogen-bond acceptors (Lipinski definition) is 4. The Kier molecular flexibility index (Phi) is 3.58. The molecule has 3 nitrogen and oxygen atoms in total. The summed E-state index contributed by atoms with van der Waals surface area (Å²) < 4.78 is 0. The lowest BCUT2D eigenvalue weighted by Gasteiger charge is -2.04. The lowest BCUT2D eigenvalue weighted by molar-refractivity contribution is 0.103. The van der Waals surface area contributed by atoms with Gasteiger partial charge in [0, 0.05) is 16.0 Å². The quantitative estimate of drug-likeness (QED) is 0.506. The van der Waals surface area contributed by atoms with E-state index in [1.165, 1.54) is 18.2 Å². The van der Waals surface area contributed by atoms with Crippen molar-refractivity contribution in [1.82, 2.24) is 0 Å². The fourth-order valence-corrected chi connectivity index (χ4v) is 1.98. The van der Waals surface area contributed by atoms with Crippen LogP contribution in [0.5, 0.6) is 11.5 Å². The molecule has 2 rings (SSSR count). The molecule has 2 aromatic rings. The zero-order valence-corrected chi connectivity index (χ0v) is 10.6. The minimum atomic E-state index is -0.290. The maximum Gasteiger partial charge on any atom is 0.193 e. The van der Waals surface area contributed by atoms with Crippen LogP contribution < -0.4 is 0 Å². The van der Waals surface area contributed by atoms with Gasteiger partial charge in [0.05, 0.1) is 0 Å². The molecule has 0 aliphatic carbocycles. The molecule has 0 fully saturated rings. The number of ketones is 1. The number of aromatic hydroxyl groups is 2. The van der Waals surface area contributed by atoms with E-state index >= 15 is 0 Å². The Morgan fingerprint density at radius 2 is 1.56 bits per heavy atom. The molecule has 0 saturated carbocycles. The number of carbonyl (C=O) groups is 1. The average Bonchev–Trinajstić information content (AvgIpc) is 2.41. The third-order valence-corrected chi connectivity index (χ3v) is 3.33. The Labute approximate surface area is 109 Å². The summed E-state index contributed by atoms with van der Waals surface area (Å²) in [6.07, 6.45) is 1.97. The lowest BCUT2D eigenvalue weighted by atomic mass is 10.0. The Morgan fingerprint density at radius 1 is 0.944 bits per heavy atom. The van der Waals surface area contributed by atoms with Gasteiger partial charge in [-0.05, 0) is 48.7 Å². The van der Waals surface area contributed by atoms with Crippen molar-refractivity contribution >= 4 is 17.5 Å². The van der Waals surface area contributed by atoms with Gasteiger partial charge in [-0.3, -0.25) is 4.79 Å². The number of benzene rings is 2. The predicted octanol–water partition coefficient (Wildman–Crippen LogP) is 3.05. The van der Waals surface area contributed by atoms with Crippen molar-refractivity contribution in [1.29, 1.82) is 0 Å². The van der Waals surface area contributed by atoms with Crippen LogP contribution in [-0.4, -0.2) is 22.3 Å². The highest BCUT2D eigenvalue weighted by atomic mass is 32.2. The number of hydrogen-bond donors (Lipinski definition) is 2. The van der Waals surface area contributed by atoms with E-state index in [-0.39, 0.29) is 17.3 Å². The Hall–Kier alpha value is -1.94. The Balaban J connectivity index is 2.32. The molecule has 0 saturated heterocycles. The van der Waals surface area contributed by atoms with Crippen molar-refractivity contribution in [3.05, 3.63) is 53.6 Å². The summed E-state index contributed by atoms with van der Waals surface area (Å²) in [7, 11) is 0. The zero-order chi connectivity index (χ0) is 13.1. The van der Waals surface area contributed by atoms with Crippen molar-refractivity contribution < 1.29 is 15.0 Å². The average molecular weight is 260 g/mol. The summed E-state index contributed by atoms with van der Waals surface area (Å²) in [5.74, 6) is -0.705. The van der Waals surface area contributed by atoms with E-state index in [1.807, 2.05) is 18.4 Å². The van der Waals surface area contributed by atoms with Gasteiger partial charge in [-0.2, -0.15) is 0 Å². The maximum absolute atomic E-state index is 12.1. The van der Waals surface area contributed by atoms with Crippen molar-refractivity contribution in [2.45, 2.75) is 4.90 Å². The fraction of sp³-hybridized carbons (Fsp3) is 0.0714. The number of phenols is 2. The minimum absolute atomic E-state index is 0.182. The summed E-state index contributed by atoms with van der Waals surface area (Å²) in [5.41, 5.74) is 0.903. The molecule has 0 atom stereocenters. The van der Waals surface area contributed by atoms with Gasteiger partial charge in [-0.25, -0.2) is 0 Å². The van der Waals surface area contributed by atoms with Gasteiger partial charge in [0.2, 0.25) is 0 Å². The zero-order valence-electron chi connectivity index (χ0n) is 9.75. The third-order valence-electron chi connectivity index (χ3n) is 2.59. The summed E-state index contributed by atoms with van der Waals surface area (Å²) in [5, 5.41) is 18.6. The first-order valence-electron chi connectivity index (χ1n) is 5.32. The molecule has 0 aromatic heterocycles. The van der Waals surface area contributed by atoms with E-state index in [4.69, 9.17) is 0 Å². The van der Waals surface area contributed by atoms with E-state index in [0.717, 1.165) is 4.90 Å². The fourth-order valence-electron chi connectivity index (χ4n) is 1.57. The second kappa shape index (κ2) is 5.14. The van der Waals surface area contributed by atoms with Crippen LogP contribution in [0.4, 0.5) is 0 Å². The molecule has 2 aromatic carbocycles. The second-order valence-electron chi connectivity index (χ2n) is 3.76. The number of carbonyl (C=O) groups excluding carboxylic acids is 1. The van der Waals surface area contributed by atoms with Crippen molar-refractivity contribution in [3.8, 4) is 11.5 Å². The number of thioether (sulfide) groups is 1. The highest BCUT2D eigenvalue weighted by Gasteiger charge is 2.11. The topological polar surface area (TPSA) is 57.5 Å². The second-order valence-corrected chi connectivity index (χ2v) is 4.64. The molecule has 0 bridgehead atoms. The first kappa shape index (κ1) is 12.5. The van der Waals surface area contributed by atoms with Crippen LogP contribution in [0.25, 0.3) is 0 Å². The first-order valence-corrected chi connectivity index (χ1v) is 6.55. The van der Waals surface area contributed by atoms with E-state index < -0.39 is 0 Å². The third kappa shape index (κ3) is 2.49. The van der Waals surface area contributed by atoms with E-state index in [2.05, 4.69) is 0 Å². The van der Waals surface area contributed by atoms with Gasteiger partial charge in [-0.15, -0.1) is 11.8 Å². The molecule has 18 heavy (non-hydrogen) atoms. The molecule has 0 aliphatic heterocycles. The molecule has 92 valence electrons. The summed E-state index contributed by atoms with van der Waals surface area (Å²) in [4.78, 5) is 13.2. The monoisotopic (exact) mass is 260 g/mol. The molecular weight excluding hydrogens is 248 g/mol. The van der Waals surface area contributed by atoms with Crippen LogP contribution in [0.2, 0.25) is 0 Å². The van der Waals surface area contributed by atoms with E-state index in [1.54, 1.807) is 23.9 Å². The Morgan fingerprint density at radius 3 is 2.11 bits per heavy atom. The van der Waals surface area contributed by atoms with Gasteiger partial charge >= 0.3 is 0 Å². The molecule has 0 aliphatic rings. The maximum atomic E-state index is 12.1. The van der Waals surface area contributed by atoms with Crippen LogP contribution in [0, 0.1) is 0 Å². The summed E-state index contributed by atoms with van der Waals surface area (Å²) >= 11 is 1.61. The minimum Gasteiger partial charge on any atom is -0.504 e. The molecule has 2 N–H and O–H groups in total. The normalized spacial score (nSPS) is 10.3. The molecular formula is C14H12O3S. The standard InChI is InChI=1S/C14H12O3S/c1-18-11-5-2-9(3-6-11)14(17)10-4-7-12(15)13(16)8-10/h2-8,15-16H,1H3. The van der Waals surface area contributed by atoms with Gasteiger partial charge in [0.1, 0.15) is 0 Å². The lowest BCUT2D eigenvalue weighted by Crippen LogP contribution is -2.00. The number of rotatable bonds is 3. The largest absolute Gasteiger partial charge is 0.504 e. The smallest absolute Gasteiger partial charge is 0.193 e. The van der Waals surface area contributed by atoms with Crippen molar-refractivity contribution in [2.75, 3.05) is 6.26 Å². The van der Waals surface area contributed by atoms with Crippen LogP contribution in [-0.2, 0) is 0 Å². The molecule has 4 heteroatoms. The summed E-state index contributed by atoms with van der Waals surface area (Å²) in [6, 6.07) is 11.3. The summed E-state index contributed by atoms with van der Waals surface area (Å²) in [6.45, 7) is 0. The van der Waals surface area contributed by atoms with Crippen LogP contribution in [0.15, 0.2) is 47.4 Å². The first-order chi connectivity index (χ1) is 8.61. The van der Waals surface area contributed by atoms with Gasteiger partial charge in [-0.1, -0.05) is 0 Å². The molecule has 0 radical (unpaired) electrons.